The molecule has 0 spiro atoms. The van der Waals surface area contributed by atoms with Gasteiger partial charge in [-0.25, -0.2) is 0 Å². The Morgan fingerprint density at radius 3 is 2.71 bits per heavy atom. The lowest BCUT2D eigenvalue weighted by molar-refractivity contribution is -0.157. The van der Waals surface area contributed by atoms with Crippen LogP contribution in [0.2, 0.25) is 0 Å². The van der Waals surface area contributed by atoms with Gasteiger partial charge in [-0.15, -0.1) is 0 Å². The first-order chi connectivity index (χ1) is 11.5. The van der Waals surface area contributed by atoms with E-state index >= 15 is 0 Å². The number of carboxylic acids is 1. The Bertz CT molecular complexity index is 603. The topological polar surface area (TPSA) is 66.8 Å². The van der Waals surface area contributed by atoms with E-state index in [0.717, 1.165) is 24.8 Å². The van der Waals surface area contributed by atoms with Crippen molar-refractivity contribution >= 4 is 11.9 Å². The van der Waals surface area contributed by atoms with Crippen molar-refractivity contribution in [1.29, 1.82) is 0 Å². The number of nitrogens with zero attached hydrogens (tertiary/aromatic N) is 1. The number of hydrogen-bond donors (Lipinski definition) is 1. The molecule has 130 valence electrons. The minimum absolute atomic E-state index is 0.0377. The maximum absolute atomic E-state index is 13.1. The van der Waals surface area contributed by atoms with Gasteiger partial charge >= 0.3 is 5.97 Å². The summed E-state index contributed by atoms with van der Waals surface area (Å²) < 4.78 is 5.92. The normalized spacial score (nSPS) is 30.8. The summed E-state index contributed by atoms with van der Waals surface area (Å²) in [6, 6.07) is 9.85. The molecule has 0 aromatic heterocycles. The Kier molecular flexibility index (Phi) is 4.90. The van der Waals surface area contributed by atoms with Crippen molar-refractivity contribution in [2.45, 2.75) is 38.7 Å². The zero-order valence-corrected chi connectivity index (χ0v) is 14.1. The van der Waals surface area contributed by atoms with Crippen molar-refractivity contribution in [1.82, 2.24) is 4.90 Å². The van der Waals surface area contributed by atoms with E-state index < -0.39 is 11.4 Å². The van der Waals surface area contributed by atoms with Crippen LogP contribution in [0.5, 0.6) is 0 Å². The molecule has 1 aromatic rings. The molecule has 1 amide bonds. The number of likely N-dealkylation sites (tertiary alicyclic amines) is 1. The van der Waals surface area contributed by atoms with E-state index in [1.165, 1.54) is 0 Å². The highest BCUT2D eigenvalue weighted by Crippen LogP contribution is 2.37. The molecule has 3 atom stereocenters. The van der Waals surface area contributed by atoms with Crippen molar-refractivity contribution in [2.75, 3.05) is 19.7 Å². The first kappa shape index (κ1) is 17.0. The van der Waals surface area contributed by atoms with Gasteiger partial charge in [0.1, 0.15) is 0 Å². The number of hydrogen-bond acceptors (Lipinski definition) is 3. The number of amides is 1. The molecule has 1 N–H and O–H groups in total. The number of carbonyl (C=O) groups excluding carboxylic acids is 1. The predicted molar refractivity (Wildman–Crippen MR) is 89.4 cm³/mol. The van der Waals surface area contributed by atoms with Gasteiger partial charge in [-0.05, 0) is 38.2 Å². The second kappa shape index (κ2) is 6.93. The molecule has 2 fully saturated rings. The number of carbonyl (C=O) groups is 2. The Balaban J connectivity index is 1.78. The van der Waals surface area contributed by atoms with E-state index in [-0.39, 0.29) is 17.9 Å². The highest BCUT2D eigenvalue weighted by molar-refractivity contribution is 5.82. The van der Waals surface area contributed by atoms with Crippen molar-refractivity contribution in [3.05, 3.63) is 35.9 Å². The van der Waals surface area contributed by atoms with E-state index in [1.807, 2.05) is 30.3 Å². The summed E-state index contributed by atoms with van der Waals surface area (Å²) in [6.07, 6.45) is 2.78. The van der Waals surface area contributed by atoms with Crippen LogP contribution < -0.4 is 0 Å². The van der Waals surface area contributed by atoms with Crippen LogP contribution in [0.4, 0.5) is 0 Å². The van der Waals surface area contributed by atoms with Gasteiger partial charge in [0.25, 0.3) is 0 Å². The number of piperidine rings is 1. The lowest BCUT2D eigenvalue weighted by Gasteiger charge is -2.41. The zero-order chi connectivity index (χ0) is 17.2. The van der Waals surface area contributed by atoms with Crippen LogP contribution in [-0.2, 0) is 14.3 Å². The molecule has 3 unspecified atom stereocenters. The quantitative estimate of drug-likeness (QED) is 0.925. The fourth-order valence-electron chi connectivity index (χ4n) is 3.84. The summed E-state index contributed by atoms with van der Waals surface area (Å²) in [4.78, 5) is 26.4. The average molecular weight is 331 g/mol. The molecule has 5 heteroatoms. The SMILES string of the molecule is CC1(C(=O)O)CCCN(C(=O)C2CCCOC2c2ccccc2)C1. The Labute approximate surface area is 142 Å². The van der Waals surface area contributed by atoms with Gasteiger partial charge in [0, 0.05) is 19.7 Å². The van der Waals surface area contributed by atoms with E-state index in [2.05, 4.69) is 0 Å². The second-order valence-corrected chi connectivity index (χ2v) is 7.18. The molecule has 24 heavy (non-hydrogen) atoms. The lowest BCUT2D eigenvalue weighted by atomic mass is 9.80. The largest absolute Gasteiger partial charge is 0.481 e. The predicted octanol–water partition coefficient (Wildman–Crippen LogP) is 2.87. The maximum atomic E-state index is 13.1. The molecule has 2 heterocycles. The molecular weight excluding hydrogens is 306 g/mol. The van der Waals surface area contributed by atoms with E-state index in [1.54, 1.807) is 11.8 Å². The number of carboxylic acid groups (broad SMARTS) is 1. The van der Waals surface area contributed by atoms with Crippen LogP contribution in [0.3, 0.4) is 0 Å². The summed E-state index contributed by atoms with van der Waals surface area (Å²) in [6.45, 7) is 3.33. The molecule has 0 saturated carbocycles. The van der Waals surface area contributed by atoms with E-state index in [4.69, 9.17) is 4.74 Å². The Morgan fingerprint density at radius 2 is 2.00 bits per heavy atom. The molecule has 2 saturated heterocycles. The van der Waals surface area contributed by atoms with Gasteiger partial charge in [-0.3, -0.25) is 9.59 Å². The Morgan fingerprint density at radius 1 is 1.25 bits per heavy atom. The van der Waals surface area contributed by atoms with Crippen molar-refractivity contribution in [3.8, 4) is 0 Å². The molecule has 1 aromatic carbocycles. The van der Waals surface area contributed by atoms with Gasteiger partial charge in [-0.2, -0.15) is 0 Å². The van der Waals surface area contributed by atoms with Gasteiger partial charge in [0.05, 0.1) is 17.4 Å². The van der Waals surface area contributed by atoms with Crippen molar-refractivity contribution < 1.29 is 19.4 Å². The van der Waals surface area contributed by atoms with Crippen molar-refractivity contribution in [2.24, 2.45) is 11.3 Å². The van der Waals surface area contributed by atoms with Crippen LogP contribution in [0.1, 0.15) is 44.3 Å². The van der Waals surface area contributed by atoms with Crippen LogP contribution in [0.25, 0.3) is 0 Å². The average Bonchev–Trinajstić information content (AvgIpc) is 2.62. The van der Waals surface area contributed by atoms with Gasteiger partial charge in [0.15, 0.2) is 0 Å². The molecule has 3 rings (SSSR count). The minimum Gasteiger partial charge on any atom is -0.481 e. The first-order valence-electron chi connectivity index (χ1n) is 8.70. The second-order valence-electron chi connectivity index (χ2n) is 7.18. The molecular formula is C19H25NO4. The fraction of sp³-hybridized carbons (Fsp3) is 0.579. The highest BCUT2D eigenvalue weighted by Gasteiger charge is 2.42. The summed E-state index contributed by atoms with van der Waals surface area (Å²) >= 11 is 0. The molecule has 0 aliphatic carbocycles. The fourth-order valence-corrected chi connectivity index (χ4v) is 3.84. The smallest absolute Gasteiger partial charge is 0.311 e. The monoisotopic (exact) mass is 331 g/mol. The number of aliphatic carboxylic acids is 1. The highest BCUT2D eigenvalue weighted by atomic mass is 16.5. The van der Waals surface area contributed by atoms with Gasteiger partial charge in [0.2, 0.25) is 5.91 Å². The summed E-state index contributed by atoms with van der Waals surface area (Å²) in [5, 5.41) is 9.47. The molecule has 2 aliphatic rings. The lowest BCUT2D eigenvalue weighted by Crippen LogP contribution is -2.51. The van der Waals surface area contributed by atoms with Gasteiger partial charge in [-0.1, -0.05) is 30.3 Å². The number of rotatable bonds is 3. The first-order valence-corrected chi connectivity index (χ1v) is 8.70. The van der Waals surface area contributed by atoms with E-state index in [9.17, 15) is 14.7 Å². The van der Waals surface area contributed by atoms with Crippen LogP contribution in [0, 0.1) is 11.3 Å². The third-order valence-electron chi connectivity index (χ3n) is 5.29. The molecule has 0 bridgehead atoms. The van der Waals surface area contributed by atoms with Crippen LogP contribution >= 0.6 is 0 Å². The standard InChI is InChI=1S/C19H25NO4/c1-19(18(22)23)10-6-11-20(13-19)17(21)15-9-5-12-24-16(15)14-7-3-2-4-8-14/h2-4,7-8,15-16H,5-6,9-13H2,1H3,(H,22,23). The number of benzene rings is 1. The molecule has 0 radical (unpaired) electrons. The molecule has 5 nitrogen and oxygen atoms in total. The minimum atomic E-state index is -0.842. The third-order valence-corrected chi connectivity index (χ3v) is 5.29. The van der Waals surface area contributed by atoms with Crippen molar-refractivity contribution in [3.63, 3.8) is 0 Å². The van der Waals surface area contributed by atoms with Crippen LogP contribution in [-0.4, -0.2) is 41.6 Å². The number of ether oxygens (including phenoxy) is 1. The zero-order valence-electron chi connectivity index (χ0n) is 14.1. The third kappa shape index (κ3) is 3.31. The summed E-state index contributed by atoms with van der Waals surface area (Å²) in [5.41, 5.74) is 0.180. The maximum Gasteiger partial charge on any atom is 0.311 e. The molecule has 2 aliphatic heterocycles. The summed E-state index contributed by atoms with van der Waals surface area (Å²) in [5.74, 6) is -1.01. The van der Waals surface area contributed by atoms with Crippen LogP contribution in [0.15, 0.2) is 30.3 Å². The van der Waals surface area contributed by atoms with E-state index in [0.29, 0.717) is 26.1 Å². The van der Waals surface area contributed by atoms with Gasteiger partial charge < -0.3 is 14.7 Å². The summed E-state index contributed by atoms with van der Waals surface area (Å²) in [7, 11) is 0. The Hall–Kier alpha value is -1.88.